The molecule has 0 saturated carbocycles. The van der Waals surface area contributed by atoms with Crippen molar-refractivity contribution in [1.29, 1.82) is 0 Å². The first-order chi connectivity index (χ1) is 13.3. The van der Waals surface area contributed by atoms with Crippen LogP contribution >= 0.6 is 0 Å². The second kappa shape index (κ2) is 6.91. The van der Waals surface area contributed by atoms with E-state index in [0.717, 1.165) is 41.6 Å². The molecule has 1 N–H and O–H groups in total. The maximum Gasteiger partial charge on any atom is 0.179 e. The summed E-state index contributed by atoms with van der Waals surface area (Å²) in [5.74, 6) is 1.72. The van der Waals surface area contributed by atoms with E-state index in [9.17, 15) is 5.11 Å². The topological polar surface area (TPSA) is 54.2 Å². The highest BCUT2D eigenvalue weighted by molar-refractivity contribution is 5.67. The van der Waals surface area contributed by atoms with E-state index in [2.05, 4.69) is 63.1 Å². The van der Waals surface area contributed by atoms with Crippen molar-refractivity contribution in [3.63, 3.8) is 0 Å². The Bertz CT molecular complexity index is 1030. The Morgan fingerprint density at radius 1 is 1.04 bits per heavy atom. The molecule has 0 aliphatic carbocycles. The summed E-state index contributed by atoms with van der Waals surface area (Å²) >= 11 is 0. The lowest BCUT2D eigenvalue weighted by molar-refractivity contribution is 0.438. The standard InChI is InChI=1S/C23H26N4O/c1-23(2,3)18-10-8-16(9-11-18)22-24-21(17-12-13-26(4)15-17)25-27(22)19-6-5-7-20(28)14-19/h5-12,14,28H,13,15H2,1-4H3. The molecule has 2 aromatic carbocycles. The Balaban J connectivity index is 1.82. The minimum Gasteiger partial charge on any atom is -0.508 e. The number of rotatable bonds is 3. The summed E-state index contributed by atoms with van der Waals surface area (Å²) in [5, 5.41) is 14.7. The van der Waals surface area contributed by atoms with Crippen molar-refractivity contribution >= 4 is 5.57 Å². The minimum absolute atomic E-state index is 0.0990. The third-order valence-corrected chi connectivity index (χ3v) is 5.07. The van der Waals surface area contributed by atoms with Gasteiger partial charge in [0, 0.05) is 30.3 Å². The van der Waals surface area contributed by atoms with Crippen molar-refractivity contribution in [2.24, 2.45) is 0 Å². The molecule has 0 radical (unpaired) electrons. The molecule has 0 amide bonds. The number of nitrogens with zero attached hydrogens (tertiary/aromatic N) is 4. The van der Waals surface area contributed by atoms with Crippen LogP contribution in [0.2, 0.25) is 0 Å². The van der Waals surface area contributed by atoms with Crippen LogP contribution in [0.3, 0.4) is 0 Å². The number of benzene rings is 2. The van der Waals surface area contributed by atoms with Crippen molar-refractivity contribution in [3.05, 3.63) is 66.0 Å². The van der Waals surface area contributed by atoms with E-state index in [4.69, 9.17) is 10.1 Å². The van der Waals surface area contributed by atoms with E-state index in [1.807, 2.05) is 16.8 Å². The number of phenolic OH excluding ortho intramolecular Hbond substituents is 1. The maximum atomic E-state index is 9.94. The van der Waals surface area contributed by atoms with Gasteiger partial charge >= 0.3 is 0 Å². The lowest BCUT2D eigenvalue weighted by Crippen LogP contribution is -2.13. The lowest BCUT2D eigenvalue weighted by Gasteiger charge is -2.19. The molecule has 28 heavy (non-hydrogen) atoms. The monoisotopic (exact) mass is 374 g/mol. The summed E-state index contributed by atoms with van der Waals surface area (Å²) in [6.45, 7) is 8.37. The van der Waals surface area contributed by atoms with Gasteiger partial charge in [0.15, 0.2) is 11.6 Å². The lowest BCUT2D eigenvalue weighted by atomic mass is 9.87. The third-order valence-electron chi connectivity index (χ3n) is 5.07. The summed E-state index contributed by atoms with van der Waals surface area (Å²) in [4.78, 5) is 7.09. The van der Waals surface area contributed by atoms with Crippen LogP contribution in [0.4, 0.5) is 0 Å². The van der Waals surface area contributed by atoms with Crippen LogP contribution in [0.25, 0.3) is 22.6 Å². The van der Waals surface area contributed by atoms with Gasteiger partial charge in [-0.05, 0) is 30.2 Å². The Labute approximate surface area is 166 Å². The number of hydrogen-bond acceptors (Lipinski definition) is 4. The molecule has 0 fully saturated rings. The predicted molar refractivity (Wildman–Crippen MR) is 113 cm³/mol. The highest BCUT2D eigenvalue weighted by Gasteiger charge is 2.21. The highest BCUT2D eigenvalue weighted by atomic mass is 16.3. The summed E-state index contributed by atoms with van der Waals surface area (Å²) in [5.41, 5.74) is 4.30. The van der Waals surface area contributed by atoms with Crippen LogP contribution in [0, 0.1) is 0 Å². The van der Waals surface area contributed by atoms with Gasteiger partial charge in [-0.2, -0.15) is 0 Å². The van der Waals surface area contributed by atoms with Gasteiger partial charge in [0.25, 0.3) is 0 Å². The summed E-state index contributed by atoms with van der Waals surface area (Å²) in [6.07, 6.45) is 2.18. The zero-order valence-electron chi connectivity index (χ0n) is 16.8. The number of phenols is 1. The molecule has 3 aromatic rings. The second-order valence-corrected chi connectivity index (χ2v) is 8.44. The Morgan fingerprint density at radius 2 is 1.79 bits per heavy atom. The molecule has 5 heteroatoms. The second-order valence-electron chi connectivity index (χ2n) is 8.44. The summed E-state index contributed by atoms with van der Waals surface area (Å²) < 4.78 is 1.82. The molecule has 1 aromatic heterocycles. The smallest absolute Gasteiger partial charge is 0.179 e. The zero-order chi connectivity index (χ0) is 19.9. The van der Waals surface area contributed by atoms with Crippen LogP contribution in [-0.2, 0) is 5.41 Å². The first-order valence-corrected chi connectivity index (χ1v) is 9.56. The number of aromatic nitrogens is 3. The van der Waals surface area contributed by atoms with Crippen molar-refractivity contribution < 1.29 is 5.11 Å². The predicted octanol–water partition coefficient (Wildman–Crippen LogP) is 4.27. The van der Waals surface area contributed by atoms with Gasteiger partial charge in [-0.3, -0.25) is 4.90 Å². The van der Waals surface area contributed by atoms with Crippen molar-refractivity contribution in [2.75, 3.05) is 20.1 Å². The van der Waals surface area contributed by atoms with Crippen molar-refractivity contribution in [2.45, 2.75) is 26.2 Å². The highest BCUT2D eigenvalue weighted by Crippen LogP contribution is 2.29. The van der Waals surface area contributed by atoms with Crippen LogP contribution in [0.1, 0.15) is 32.2 Å². The molecule has 0 unspecified atom stereocenters. The van der Waals surface area contributed by atoms with E-state index in [-0.39, 0.29) is 11.2 Å². The van der Waals surface area contributed by atoms with Gasteiger partial charge in [0.1, 0.15) is 5.75 Å². The molecular formula is C23H26N4O. The molecule has 0 spiro atoms. The molecule has 1 aliphatic heterocycles. The molecule has 144 valence electrons. The fourth-order valence-corrected chi connectivity index (χ4v) is 3.41. The van der Waals surface area contributed by atoms with Gasteiger partial charge in [0.05, 0.1) is 5.69 Å². The fraction of sp³-hybridized carbons (Fsp3) is 0.304. The molecule has 0 saturated heterocycles. The zero-order valence-corrected chi connectivity index (χ0v) is 16.8. The van der Waals surface area contributed by atoms with Crippen molar-refractivity contribution in [3.8, 4) is 22.8 Å². The molecule has 1 aliphatic rings. The first kappa shape index (κ1) is 18.4. The minimum atomic E-state index is 0.0990. The Hall–Kier alpha value is -2.92. The summed E-state index contributed by atoms with van der Waals surface area (Å²) in [7, 11) is 2.09. The number of likely N-dealkylation sites (N-methyl/N-ethyl adjacent to an activating group) is 1. The third kappa shape index (κ3) is 3.58. The largest absolute Gasteiger partial charge is 0.508 e. The van der Waals surface area contributed by atoms with Gasteiger partial charge in [-0.15, -0.1) is 5.10 Å². The molecule has 0 bridgehead atoms. The van der Waals surface area contributed by atoms with Gasteiger partial charge in [-0.25, -0.2) is 9.67 Å². The maximum absolute atomic E-state index is 9.94. The van der Waals surface area contributed by atoms with E-state index >= 15 is 0 Å². The van der Waals surface area contributed by atoms with E-state index in [1.165, 1.54) is 5.56 Å². The normalized spacial score (nSPS) is 15.1. The van der Waals surface area contributed by atoms with Crippen LogP contribution in [0.5, 0.6) is 5.75 Å². The molecular weight excluding hydrogens is 348 g/mol. The van der Waals surface area contributed by atoms with Gasteiger partial charge in [0.2, 0.25) is 0 Å². The molecule has 5 nitrogen and oxygen atoms in total. The average Bonchev–Trinajstić information content (AvgIpc) is 3.27. The van der Waals surface area contributed by atoms with E-state index in [1.54, 1.807) is 12.1 Å². The molecule has 0 atom stereocenters. The number of hydrogen-bond donors (Lipinski definition) is 1. The fourth-order valence-electron chi connectivity index (χ4n) is 3.41. The van der Waals surface area contributed by atoms with Gasteiger partial charge in [-0.1, -0.05) is 57.2 Å². The van der Waals surface area contributed by atoms with E-state index < -0.39 is 0 Å². The SMILES string of the molecule is CN1CC=C(c2nc(-c3ccc(C(C)(C)C)cc3)n(-c3cccc(O)c3)n2)C1. The quantitative estimate of drug-likeness (QED) is 0.744. The van der Waals surface area contributed by atoms with E-state index in [0.29, 0.717) is 0 Å². The van der Waals surface area contributed by atoms with Crippen LogP contribution in [0.15, 0.2) is 54.6 Å². The van der Waals surface area contributed by atoms with Crippen molar-refractivity contribution in [1.82, 2.24) is 19.7 Å². The Kier molecular flexibility index (Phi) is 4.55. The van der Waals surface area contributed by atoms with Crippen LogP contribution in [-0.4, -0.2) is 44.9 Å². The average molecular weight is 374 g/mol. The molecule has 2 heterocycles. The Morgan fingerprint density at radius 3 is 2.39 bits per heavy atom. The summed E-state index contributed by atoms with van der Waals surface area (Å²) in [6, 6.07) is 15.6. The van der Waals surface area contributed by atoms with Gasteiger partial charge < -0.3 is 5.11 Å². The first-order valence-electron chi connectivity index (χ1n) is 9.56. The number of aromatic hydroxyl groups is 1. The van der Waals surface area contributed by atoms with Crippen LogP contribution < -0.4 is 0 Å². The molecule has 4 rings (SSSR count).